The lowest BCUT2D eigenvalue weighted by Crippen LogP contribution is -2.55. The van der Waals surface area contributed by atoms with Crippen LogP contribution in [-0.4, -0.2) is 36.4 Å². The van der Waals surface area contributed by atoms with E-state index in [1.54, 1.807) is 0 Å². The van der Waals surface area contributed by atoms with Gasteiger partial charge in [0.15, 0.2) is 0 Å². The van der Waals surface area contributed by atoms with Gasteiger partial charge in [0, 0.05) is 6.54 Å². The topological polar surface area (TPSA) is 74.7 Å². The van der Waals surface area contributed by atoms with Gasteiger partial charge in [0.25, 0.3) is 0 Å². The van der Waals surface area contributed by atoms with E-state index in [1.807, 2.05) is 32.0 Å². The van der Waals surface area contributed by atoms with E-state index >= 15 is 0 Å². The van der Waals surface area contributed by atoms with Crippen LogP contribution >= 0.6 is 0 Å². The molecule has 1 saturated heterocycles. The molecule has 0 bridgehead atoms. The Morgan fingerprint density at radius 3 is 2.37 bits per heavy atom. The molecule has 0 saturated carbocycles. The van der Waals surface area contributed by atoms with Crippen molar-refractivity contribution in [3.8, 4) is 0 Å². The van der Waals surface area contributed by atoms with Crippen molar-refractivity contribution in [3.05, 3.63) is 34.9 Å². The van der Waals surface area contributed by atoms with Crippen LogP contribution in [-0.2, 0) is 20.6 Å². The van der Waals surface area contributed by atoms with Crippen LogP contribution < -0.4 is 0 Å². The predicted molar refractivity (Wildman–Crippen MR) is 71.3 cm³/mol. The maximum atomic E-state index is 12.3. The summed E-state index contributed by atoms with van der Waals surface area (Å²) >= 11 is 0. The molecule has 2 rings (SSSR count). The number of carboxylic acid groups (broad SMARTS) is 1. The normalized spacial score (nSPS) is 20.0. The minimum Gasteiger partial charge on any atom is -0.480 e. The van der Waals surface area contributed by atoms with Gasteiger partial charge in [-0.1, -0.05) is 18.2 Å². The van der Waals surface area contributed by atoms with Crippen molar-refractivity contribution in [1.82, 2.24) is 4.31 Å². The molecular weight excluding hydrogens is 266 g/mol. The van der Waals surface area contributed by atoms with E-state index in [1.165, 1.54) is 0 Å². The van der Waals surface area contributed by atoms with Crippen molar-refractivity contribution in [1.29, 1.82) is 0 Å². The largest absolute Gasteiger partial charge is 0.480 e. The van der Waals surface area contributed by atoms with Gasteiger partial charge in [-0.3, -0.25) is 4.79 Å². The van der Waals surface area contributed by atoms with Crippen molar-refractivity contribution < 1.29 is 18.3 Å². The third kappa shape index (κ3) is 2.64. The second-order valence-electron chi connectivity index (χ2n) is 4.88. The first-order valence-corrected chi connectivity index (χ1v) is 7.71. The number of aliphatic carboxylic acids is 1. The molecule has 6 heteroatoms. The molecule has 0 amide bonds. The van der Waals surface area contributed by atoms with E-state index in [4.69, 9.17) is 5.11 Å². The molecule has 1 aromatic rings. The lowest BCUT2D eigenvalue weighted by molar-refractivity contribution is -0.144. The first-order valence-electron chi connectivity index (χ1n) is 6.10. The Hall–Kier alpha value is -1.40. The highest BCUT2D eigenvalue weighted by molar-refractivity contribution is 7.88. The van der Waals surface area contributed by atoms with Gasteiger partial charge in [-0.05, 0) is 37.0 Å². The maximum absolute atomic E-state index is 12.3. The van der Waals surface area contributed by atoms with Gasteiger partial charge in [0.1, 0.15) is 6.04 Å². The summed E-state index contributed by atoms with van der Waals surface area (Å²) in [6.45, 7) is 4.02. The second kappa shape index (κ2) is 4.94. The molecular formula is C13H17NO4S. The second-order valence-corrected chi connectivity index (χ2v) is 6.80. The third-order valence-electron chi connectivity index (χ3n) is 3.58. The summed E-state index contributed by atoms with van der Waals surface area (Å²) in [5.74, 6) is -1.20. The number of benzene rings is 1. The smallest absolute Gasteiger partial charge is 0.322 e. The van der Waals surface area contributed by atoms with Gasteiger partial charge >= 0.3 is 5.97 Å². The Morgan fingerprint density at radius 1 is 1.37 bits per heavy atom. The van der Waals surface area contributed by atoms with E-state index < -0.39 is 22.0 Å². The summed E-state index contributed by atoms with van der Waals surface area (Å²) < 4.78 is 25.6. The van der Waals surface area contributed by atoms with E-state index in [9.17, 15) is 13.2 Å². The average molecular weight is 283 g/mol. The van der Waals surface area contributed by atoms with Crippen molar-refractivity contribution in [3.63, 3.8) is 0 Å². The van der Waals surface area contributed by atoms with Crippen LogP contribution in [0.25, 0.3) is 0 Å². The lowest BCUT2D eigenvalue weighted by atomic mass is 10.1. The molecule has 5 nitrogen and oxygen atoms in total. The quantitative estimate of drug-likeness (QED) is 0.903. The molecule has 1 unspecified atom stereocenters. The zero-order chi connectivity index (χ0) is 14.2. The number of sulfonamides is 1. The summed E-state index contributed by atoms with van der Waals surface area (Å²) in [5, 5.41) is 8.94. The zero-order valence-electron chi connectivity index (χ0n) is 11.0. The first kappa shape index (κ1) is 14.0. The highest BCUT2D eigenvalue weighted by Crippen LogP contribution is 2.26. The Bertz CT molecular complexity index is 589. The molecule has 0 aliphatic carbocycles. The number of nitrogens with zero attached hydrogens (tertiary/aromatic N) is 1. The number of hydrogen-bond donors (Lipinski definition) is 1. The molecule has 0 spiro atoms. The number of aryl methyl sites for hydroxylation is 2. The first-order chi connectivity index (χ1) is 8.83. The Kier molecular flexibility index (Phi) is 3.64. The molecule has 1 N–H and O–H groups in total. The van der Waals surface area contributed by atoms with Gasteiger partial charge in [0.2, 0.25) is 10.0 Å². The Morgan fingerprint density at radius 2 is 1.95 bits per heavy atom. The van der Waals surface area contributed by atoms with E-state index in [2.05, 4.69) is 0 Å². The fraction of sp³-hybridized carbons (Fsp3) is 0.462. The summed E-state index contributed by atoms with van der Waals surface area (Å²) in [7, 11) is -3.56. The Balaban J connectivity index is 2.25. The van der Waals surface area contributed by atoms with Gasteiger partial charge < -0.3 is 5.11 Å². The van der Waals surface area contributed by atoms with Crippen LogP contribution in [0.15, 0.2) is 18.2 Å². The van der Waals surface area contributed by atoms with Gasteiger partial charge in [-0.2, -0.15) is 4.31 Å². The molecule has 1 aliphatic rings. The van der Waals surface area contributed by atoms with E-state index in [0.717, 1.165) is 21.0 Å². The number of carbonyl (C=O) groups is 1. The summed E-state index contributed by atoms with van der Waals surface area (Å²) in [5.41, 5.74) is 2.59. The van der Waals surface area contributed by atoms with Gasteiger partial charge in [-0.25, -0.2) is 8.42 Å². The molecule has 0 radical (unpaired) electrons. The third-order valence-corrected chi connectivity index (χ3v) is 5.39. The number of hydrogen-bond acceptors (Lipinski definition) is 3. The molecule has 1 atom stereocenters. The fourth-order valence-corrected chi connectivity index (χ4v) is 4.24. The zero-order valence-corrected chi connectivity index (χ0v) is 11.8. The van der Waals surface area contributed by atoms with E-state index in [0.29, 0.717) is 13.0 Å². The maximum Gasteiger partial charge on any atom is 0.322 e. The molecule has 1 heterocycles. The standard InChI is InChI=1S/C13H17NO4S/c1-9-4-3-5-10(2)11(9)8-19(17,18)14-7-6-12(14)13(15)16/h3-5,12H,6-8H2,1-2H3,(H,15,16). The van der Waals surface area contributed by atoms with Crippen LogP contribution in [0.4, 0.5) is 0 Å². The Labute approximate surface area is 112 Å². The SMILES string of the molecule is Cc1cccc(C)c1CS(=O)(=O)N1CCC1C(=O)O. The number of carboxylic acids is 1. The highest BCUT2D eigenvalue weighted by Gasteiger charge is 2.42. The molecule has 1 aromatic carbocycles. The minimum atomic E-state index is -3.56. The predicted octanol–water partition coefficient (Wildman–Crippen LogP) is 1.29. The van der Waals surface area contributed by atoms with Crippen molar-refractivity contribution in [2.45, 2.75) is 32.1 Å². The number of rotatable bonds is 4. The van der Waals surface area contributed by atoms with Gasteiger partial charge in [0.05, 0.1) is 5.75 Å². The van der Waals surface area contributed by atoms with Crippen molar-refractivity contribution in [2.24, 2.45) is 0 Å². The summed E-state index contributed by atoms with van der Waals surface area (Å²) in [6, 6.07) is 4.71. The van der Waals surface area contributed by atoms with Crippen LogP contribution in [0.1, 0.15) is 23.1 Å². The highest BCUT2D eigenvalue weighted by atomic mass is 32.2. The molecule has 104 valence electrons. The molecule has 19 heavy (non-hydrogen) atoms. The molecule has 0 aromatic heterocycles. The molecule has 1 fully saturated rings. The van der Waals surface area contributed by atoms with Gasteiger partial charge in [-0.15, -0.1) is 0 Å². The van der Waals surface area contributed by atoms with Crippen LogP contribution in [0, 0.1) is 13.8 Å². The summed E-state index contributed by atoms with van der Waals surface area (Å²) in [6.07, 6.45) is 0.390. The average Bonchev–Trinajstić information content (AvgIpc) is 2.20. The fourth-order valence-electron chi connectivity index (χ4n) is 2.29. The van der Waals surface area contributed by atoms with E-state index in [-0.39, 0.29) is 5.75 Å². The van der Waals surface area contributed by atoms with Crippen LogP contribution in [0.2, 0.25) is 0 Å². The minimum absolute atomic E-state index is 0.130. The monoisotopic (exact) mass is 283 g/mol. The van der Waals surface area contributed by atoms with Crippen LogP contribution in [0.5, 0.6) is 0 Å². The molecule has 1 aliphatic heterocycles. The van der Waals surface area contributed by atoms with Crippen molar-refractivity contribution in [2.75, 3.05) is 6.54 Å². The van der Waals surface area contributed by atoms with Crippen molar-refractivity contribution >= 4 is 16.0 Å². The van der Waals surface area contributed by atoms with Crippen LogP contribution in [0.3, 0.4) is 0 Å². The summed E-state index contributed by atoms with van der Waals surface area (Å²) in [4.78, 5) is 10.9. The lowest BCUT2D eigenvalue weighted by Gasteiger charge is -2.36.